The van der Waals surface area contributed by atoms with E-state index in [2.05, 4.69) is 15.5 Å². The molecule has 0 fully saturated rings. The Balaban J connectivity index is 1.34. The van der Waals surface area contributed by atoms with Gasteiger partial charge in [0.2, 0.25) is 0 Å². The van der Waals surface area contributed by atoms with Crippen molar-refractivity contribution in [2.45, 2.75) is 10.9 Å². The van der Waals surface area contributed by atoms with Gasteiger partial charge in [-0.25, -0.2) is 4.39 Å². The molecule has 9 heteroatoms. The normalized spacial score (nSPS) is 10.8. The van der Waals surface area contributed by atoms with Gasteiger partial charge in [-0.2, -0.15) is 0 Å². The second-order valence-corrected chi connectivity index (χ2v) is 9.63. The van der Waals surface area contributed by atoms with Crippen LogP contribution in [0.25, 0.3) is 16.4 Å². The highest BCUT2D eigenvalue weighted by Gasteiger charge is 2.19. The third-order valence-electron chi connectivity index (χ3n) is 5.39. The van der Waals surface area contributed by atoms with Gasteiger partial charge in [0.25, 0.3) is 5.91 Å². The molecule has 5 rings (SSSR count). The van der Waals surface area contributed by atoms with E-state index in [-0.39, 0.29) is 11.7 Å². The lowest BCUT2D eigenvalue weighted by Crippen LogP contribution is -2.11. The lowest BCUT2D eigenvalue weighted by atomic mass is 10.1. The second kappa shape index (κ2) is 10.8. The number of carbonyl (C=O) groups is 1. The number of para-hydroxylation sites is 2. The molecule has 0 saturated carbocycles. The monoisotopic (exact) mass is 516 g/mol. The molecular weight excluding hydrogens is 495 g/mol. The fraction of sp³-hybridized carbons (Fsp3) is 0.0741. The molecule has 2 heterocycles. The number of hydrogen-bond donors (Lipinski definition) is 1. The summed E-state index contributed by atoms with van der Waals surface area (Å²) in [7, 11) is 1.65. The van der Waals surface area contributed by atoms with Crippen LogP contribution in [0.15, 0.2) is 95.5 Å². The number of amides is 1. The van der Waals surface area contributed by atoms with Crippen LogP contribution in [0.1, 0.15) is 15.9 Å². The van der Waals surface area contributed by atoms with E-state index in [1.165, 1.54) is 24.3 Å². The van der Waals surface area contributed by atoms with E-state index < -0.39 is 0 Å². The topological polar surface area (TPSA) is 69.0 Å². The van der Waals surface area contributed by atoms with Gasteiger partial charge >= 0.3 is 0 Å². The summed E-state index contributed by atoms with van der Waals surface area (Å²) in [4.78, 5) is 13.5. The molecule has 0 radical (unpaired) electrons. The highest BCUT2D eigenvalue weighted by Crippen LogP contribution is 2.35. The maximum absolute atomic E-state index is 13.1. The first-order valence-electron chi connectivity index (χ1n) is 11.0. The third kappa shape index (κ3) is 5.17. The first-order chi connectivity index (χ1) is 17.6. The molecule has 1 N–H and O–H groups in total. The maximum Gasteiger partial charge on any atom is 0.255 e. The lowest BCUT2D eigenvalue weighted by molar-refractivity contribution is 0.102. The van der Waals surface area contributed by atoms with Gasteiger partial charge < -0.3 is 10.1 Å². The van der Waals surface area contributed by atoms with Crippen LogP contribution in [-0.2, 0) is 5.75 Å². The van der Waals surface area contributed by atoms with Crippen molar-refractivity contribution in [3.8, 4) is 22.1 Å². The van der Waals surface area contributed by atoms with Crippen LogP contribution in [0.5, 0.6) is 5.75 Å². The van der Waals surface area contributed by atoms with Crippen LogP contribution in [-0.4, -0.2) is 27.8 Å². The third-order valence-corrected chi connectivity index (χ3v) is 7.25. The zero-order chi connectivity index (χ0) is 24.9. The number of anilines is 1. The molecule has 3 aromatic carbocycles. The number of carbonyl (C=O) groups excluding carboxylic acids is 1. The average molecular weight is 517 g/mol. The molecule has 6 nitrogen and oxygen atoms in total. The van der Waals surface area contributed by atoms with Crippen molar-refractivity contribution in [3.05, 3.63) is 107 Å². The molecule has 0 aliphatic heterocycles. The van der Waals surface area contributed by atoms with E-state index in [9.17, 15) is 9.18 Å². The van der Waals surface area contributed by atoms with Gasteiger partial charge in [0.15, 0.2) is 11.0 Å². The number of benzene rings is 3. The van der Waals surface area contributed by atoms with E-state index in [0.29, 0.717) is 17.0 Å². The van der Waals surface area contributed by atoms with Crippen molar-refractivity contribution in [2.24, 2.45) is 0 Å². The summed E-state index contributed by atoms with van der Waals surface area (Å²) in [5.41, 5.74) is 2.96. The largest absolute Gasteiger partial charge is 0.495 e. The minimum Gasteiger partial charge on any atom is -0.495 e. The lowest BCUT2D eigenvalue weighted by Gasteiger charge is -2.13. The molecule has 1 amide bonds. The van der Waals surface area contributed by atoms with Gasteiger partial charge in [-0.15, -0.1) is 21.5 Å². The Morgan fingerprint density at radius 3 is 2.50 bits per heavy atom. The first kappa shape index (κ1) is 23.8. The van der Waals surface area contributed by atoms with Gasteiger partial charge in [0.1, 0.15) is 11.6 Å². The second-order valence-electron chi connectivity index (χ2n) is 7.74. The van der Waals surface area contributed by atoms with Crippen LogP contribution in [0.4, 0.5) is 10.1 Å². The molecule has 0 bridgehead atoms. The predicted octanol–water partition coefficient (Wildman–Crippen LogP) is 6.69. The highest BCUT2D eigenvalue weighted by atomic mass is 32.2. The Morgan fingerprint density at radius 1 is 1.00 bits per heavy atom. The standard InChI is InChI=1S/C27H21FN4O2S2/c1-34-23-6-3-2-5-22(23)32-25(24-7-4-16-35-24)30-31-27(32)36-17-18-8-10-19(11-9-18)26(33)29-21-14-12-20(28)13-15-21/h2-16H,17H2,1H3,(H,29,33). The Kier molecular flexibility index (Phi) is 7.11. The van der Waals surface area contributed by atoms with Crippen LogP contribution in [0.3, 0.4) is 0 Å². The van der Waals surface area contributed by atoms with E-state index in [4.69, 9.17) is 4.74 Å². The molecule has 36 heavy (non-hydrogen) atoms. The molecule has 0 aliphatic carbocycles. The van der Waals surface area contributed by atoms with Gasteiger partial charge in [-0.3, -0.25) is 9.36 Å². The predicted molar refractivity (Wildman–Crippen MR) is 142 cm³/mol. The summed E-state index contributed by atoms with van der Waals surface area (Å²) in [6.45, 7) is 0. The fourth-order valence-corrected chi connectivity index (χ4v) is 5.20. The summed E-state index contributed by atoms with van der Waals surface area (Å²) in [6.07, 6.45) is 0. The van der Waals surface area contributed by atoms with Crippen LogP contribution >= 0.6 is 23.1 Å². The number of thioether (sulfide) groups is 1. The van der Waals surface area contributed by atoms with Crippen molar-refractivity contribution in [3.63, 3.8) is 0 Å². The summed E-state index contributed by atoms with van der Waals surface area (Å²) >= 11 is 3.15. The van der Waals surface area contributed by atoms with Crippen molar-refractivity contribution in [2.75, 3.05) is 12.4 Å². The molecule has 0 aliphatic rings. The summed E-state index contributed by atoms with van der Waals surface area (Å²) in [5, 5.41) is 14.5. The molecular formula is C27H21FN4O2S2. The minimum absolute atomic E-state index is 0.252. The molecule has 0 spiro atoms. The number of ether oxygens (including phenoxy) is 1. The number of nitrogens with one attached hydrogen (secondary N) is 1. The summed E-state index contributed by atoms with van der Waals surface area (Å²) in [6, 6.07) is 24.8. The van der Waals surface area contributed by atoms with Gasteiger partial charge in [0.05, 0.1) is 17.7 Å². The fourth-order valence-electron chi connectivity index (χ4n) is 3.60. The Morgan fingerprint density at radius 2 is 1.78 bits per heavy atom. The average Bonchev–Trinajstić information content (AvgIpc) is 3.59. The minimum atomic E-state index is -0.348. The Bertz CT molecular complexity index is 1470. The van der Waals surface area contributed by atoms with Crippen molar-refractivity contribution in [1.29, 1.82) is 0 Å². The van der Waals surface area contributed by atoms with Gasteiger partial charge in [-0.1, -0.05) is 42.1 Å². The van der Waals surface area contributed by atoms with Gasteiger partial charge in [0, 0.05) is 17.0 Å². The molecule has 5 aromatic rings. The SMILES string of the molecule is COc1ccccc1-n1c(SCc2ccc(C(=O)Nc3ccc(F)cc3)cc2)nnc1-c1cccs1. The zero-order valence-electron chi connectivity index (χ0n) is 19.2. The van der Waals surface area contributed by atoms with E-state index in [0.717, 1.165) is 32.9 Å². The Hall–Kier alpha value is -3.95. The van der Waals surface area contributed by atoms with Crippen molar-refractivity contribution >= 4 is 34.7 Å². The summed E-state index contributed by atoms with van der Waals surface area (Å²) < 4.78 is 20.7. The number of methoxy groups -OCH3 is 1. The first-order valence-corrected chi connectivity index (χ1v) is 12.9. The molecule has 0 atom stereocenters. The van der Waals surface area contributed by atoms with Crippen LogP contribution < -0.4 is 10.1 Å². The number of halogens is 1. The van der Waals surface area contributed by atoms with Gasteiger partial charge in [-0.05, 0) is 65.5 Å². The number of hydrogen-bond acceptors (Lipinski definition) is 6. The number of thiophene rings is 1. The maximum atomic E-state index is 13.1. The number of aromatic nitrogens is 3. The van der Waals surface area contributed by atoms with E-state index >= 15 is 0 Å². The van der Waals surface area contributed by atoms with Crippen LogP contribution in [0.2, 0.25) is 0 Å². The molecule has 180 valence electrons. The number of nitrogens with zero attached hydrogens (tertiary/aromatic N) is 3. The van der Waals surface area contributed by atoms with E-state index in [1.807, 2.05) is 58.5 Å². The molecule has 0 saturated heterocycles. The summed E-state index contributed by atoms with van der Waals surface area (Å²) in [5.74, 6) is 1.52. The zero-order valence-corrected chi connectivity index (χ0v) is 20.9. The van der Waals surface area contributed by atoms with Crippen LogP contribution in [0, 0.1) is 5.82 Å². The molecule has 2 aromatic heterocycles. The quantitative estimate of drug-likeness (QED) is 0.233. The van der Waals surface area contributed by atoms with Crippen molar-refractivity contribution < 1.29 is 13.9 Å². The van der Waals surface area contributed by atoms with E-state index in [1.54, 1.807) is 42.3 Å². The Labute approximate surface area is 215 Å². The smallest absolute Gasteiger partial charge is 0.255 e. The molecule has 0 unspecified atom stereocenters. The number of rotatable bonds is 8. The van der Waals surface area contributed by atoms with Crippen molar-refractivity contribution in [1.82, 2.24) is 14.8 Å². The highest BCUT2D eigenvalue weighted by molar-refractivity contribution is 7.98.